The van der Waals surface area contributed by atoms with E-state index in [9.17, 15) is 14.3 Å². The quantitative estimate of drug-likeness (QED) is 0.591. The van der Waals surface area contributed by atoms with E-state index in [2.05, 4.69) is 0 Å². The lowest BCUT2D eigenvalue weighted by Crippen LogP contribution is -2.18. The molecule has 0 unspecified atom stereocenters. The molecule has 0 radical (unpaired) electrons. The lowest BCUT2D eigenvalue weighted by Gasteiger charge is -2.10. The summed E-state index contributed by atoms with van der Waals surface area (Å²) in [7, 11) is 0. The van der Waals surface area contributed by atoms with Gasteiger partial charge in [0.15, 0.2) is 11.5 Å². The van der Waals surface area contributed by atoms with E-state index in [-0.39, 0.29) is 29.5 Å². The number of para-hydroxylation sites is 1. The predicted octanol–water partition coefficient (Wildman–Crippen LogP) is 2.23. The predicted molar refractivity (Wildman–Crippen MR) is 68.1 cm³/mol. The molecule has 0 aliphatic rings. The van der Waals surface area contributed by atoms with Crippen molar-refractivity contribution in [1.29, 1.82) is 0 Å². The molecular weight excluding hydrogens is 265 g/mol. The van der Waals surface area contributed by atoms with Crippen molar-refractivity contribution in [3.05, 3.63) is 59.4 Å². The van der Waals surface area contributed by atoms with Crippen LogP contribution in [0.4, 0.5) is 4.39 Å². The second-order valence-electron chi connectivity index (χ2n) is 4.01. The third kappa shape index (κ3) is 3.04. The number of carbonyl (C=O) groups is 1. The summed E-state index contributed by atoms with van der Waals surface area (Å²) >= 11 is 0. The Hall–Kier alpha value is -2.60. The maximum absolute atomic E-state index is 12.7. The summed E-state index contributed by atoms with van der Waals surface area (Å²) in [5.41, 5.74) is 2.04. The molecule has 5 nitrogen and oxygen atoms in total. The number of rotatable bonds is 4. The molecule has 2 rings (SSSR count). The van der Waals surface area contributed by atoms with E-state index in [0.717, 1.165) is 0 Å². The molecule has 0 spiro atoms. The van der Waals surface area contributed by atoms with Crippen molar-refractivity contribution < 1.29 is 24.2 Å². The van der Waals surface area contributed by atoms with E-state index in [4.69, 9.17) is 9.94 Å². The summed E-state index contributed by atoms with van der Waals surface area (Å²) in [5.74, 6) is -1.47. The summed E-state index contributed by atoms with van der Waals surface area (Å²) in [6.07, 6.45) is 0. The lowest BCUT2D eigenvalue weighted by atomic mass is 10.1. The fraction of sp³-hybridized carbons (Fsp3) is 0.0714. The highest BCUT2D eigenvalue weighted by Gasteiger charge is 2.14. The molecule has 0 atom stereocenters. The zero-order chi connectivity index (χ0) is 14.5. The van der Waals surface area contributed by atoms with Crippen LogP contribution in [0.5, 0.6) is 11.5 Å². The fourth-order valence-electron chi connectivity index (χ4n) is 1.62. The average molecular weight is 277 g/mol. The van der Waals surface area contributed by atoms with Crippen LogP contribution in [0.1, 0.15) is 15.9 Å². The number of hydrogen-bond donors (Lipinski definition) is 3. The largest absolute Gasteiger partial charge is 0.504 e. The van der Waals surface area contributed by atoms with Gasteiger partial charge >= 0.3 is 0 Å². The SMILES string of the molecule is O=C(NO)c1cccc(OCc2ccc(F)cc2)c1O. The van der Waals surface area contributed by atoms with Gasteiger partial charge in [0, 0.05) is 0 Å². The topological polar surface area (TPSA) is 78.8 Å². The van der Waals surface area contributed by atoms with Gasteiger partial charge in [-0.05, 0) is 29.8 Å². The molecule has 0 saturated carbocycles. The van der Waals surface area contributed by atoms with Gasteiger partial charge in [0.2, 0.25) is 0 Å². The van der Waals surface area contributed by atoms with Crippen molar-refractivity contribution in [2.75, 3.05) is 0 Å². The molecule has 0 bridgehead atoms. The molecule has 2 aromatic rings. The van der Waals surface area contributed by atoms with Gasteiger partial charge in [-0.25, -0.2) is 9.87 Å². The number of carbonyl (C=O) groups excluding carboxylic acids is 1. The first kappa shape index (κ1) is 13.8. The fourth-order valence-corrected chi connectivity index (χ4v) is 1.62. The summed E-state index contributed by atoms with van der Waals surface area (Å²) in [5, 5.41) is 18.4. The molecule has 104 valence electrons. The van der Waals surface area contributed by atoms with Gasteiger partial charge in [-0.3, -0.25) is 10.0 Å². The molecule has 0 heterocycles. The molecule has 0 aliphatic carbocycles. The molecule has 0 saturated heterocycles. The normalized spacial score (nSPS) is 10.1. The Bertz CT molecular complexity index is 613. The smallest absolute Gasteiger partial charge is 0.278 e. The molecule has 20 heavy (non-hydrogen) atoms. The van der Waals surface area contributed by atoms with Crippen molar-refractivity contribution in [1.82, 2.24) is 5.48 Å². The number of nitrogens with one attached hydrogen (secondary N) is 1. The summed E-state index contributed by atoms with van der Waals surface area (Å²) < 4.78 is 18.1. The Kier molecular flexibility index (Phi) is 4.17. The highest BCUT2D eigenvalue weighted by molar-refractivity contribution is 5.96. The van der Waals surface area contributed by atoms with Crippen molar-refractivity contribution in [2.45, 2.75) is 6.61 Å². The third-order valence-corrected chi connectivity index (χ3v) is 2.65. The zero-order valence-corrected chi connectivity index (χ0v) is 10.3. The first-order valence-electron chi connectivity index (χ1n) is 5.75. The van der Waals surface area contributed by atoms with E-state index in [1.54, 1.807) is 12.1 Å². The van der Waals surface area contributed by atoms with Gasteiger partial charge in [-0.15, -0.1) is 0 Å². The monoisotopic (exact) mass is 277 g/mol. The van der Waals surface area contributed by atoms with Crippen LogP contribution in [0.2, 0.25) is 0 Å². The van der Waals surface area contributed by atoms with Gasteiger partial charge in [-0.1, -0.05) is 18.2 Å². The van der Waals surface area contributed by atoms with Crippen LogP contribution in [-0.4, -0.2) is 16.2 Å². The Morgan fingerprint density at radius 3 is 2.55 bits per heavy atom. The van der Waals surface area contributed by atoms with Gasteiger partial charge in [0.1, 0.15) is 12.4 Å². The van der Waals surface area contributed by atoms with Gasteiger partial charge in [0.25, 0.3) is 5.91 Å². The summed E-state index contributed by atoms with van der Waals surface area (Å²) in [6.45, 7) is 0.109. The maximum Gasteiger partial charge on any atom is 0.278 e. The number of halogens is 1. The minimum atomic E-state index is -0.838. The molecule has 3 N–H and O–H groups in total. The average Bonchev–Trinajstić information content (AvgIpc) is 2.47. The van der Waals surface area contributed by atoms with Crippen molar-refractivity contribution in [2.24, 2.45) is 0 Å². The molecular formula is C14H12FNO4. The Morgan fingerprint density at radius 2 is 1.90 bits per heavy atom. The summed E-state index contributed by atoms with van der Waals surface area (Å²) in [4.78, 5) is 11.3. The van der Waals surface area contributed by atoms with Crippen LogP contribution in [-0.2, 0) is 6.61 Å². The Labute approximate surface area is 114 Å². The number of aromatic hydroxyl groups is 1. The number of ether oxygens (including phenoxy) is 1. The first-order valence-corrected chi connectivity index (χ1v) is 5.75. The van der Waals surface area contributed by atoms with Gasteiger partial charge < -0.3 is 9.84 Å². The van der Waals surface area contributed by atoms with Crippen molar-refractivity contribution in [3.8, 4) is 11.5 Å². The highest BCUT2D eigenvalue weighted by atomic mass is 19.1. The Balaban J connectivity index is 2.13. The standard InChI is InChI=1S/C14H12FNO4/c15-10-6-4-9(5-7-10)8-20-12-3-1-2-11(13(12)17)14(18)16-19/h1-7,17,19H,8H2,(H,16,18). The van der Waals surface area contributed by atoms with Crippen LogP contribution in [0.25, 0.3) is 0 Å². The zero-order valence-electron chi connectivity index (χ0n) is 10.3. The van der Waals surface area contributed by atoms with Crippen LogP contribution < -0.4 is 10.2 Å². The number of phenols is 1. The minimum absolute atomic E-state index is 0.0930. The second kappa shape index (κ2) is 6.03. The number of hydroxylamine groups is 1. The van der Waals surface area contributed by atoms with Crippen LogP contribution in [0.15, 0.2) is 42.5 Å². The molecule has 0 aliphatic heterocycles. The maximum atomic E-state index is 12.7. The van der Waals surface area contributed by atoms with Crippen LogP contribution in [0.3, 0.4) is 0 Å². The highest BCUT2D eigenvalue weighted by Crippen LogP contribution is 2.30. The molecule has 0 fully saturated rings. The minimum Gasteiger partial charge on any atom is -0.504 e. The lowest BCUT2D eigenvalue weighted by molar-refractivity contribution is 0.0702. The number of hydrogen-bond acceptors (Lipinski definition) is 4. The van der Waals surface area contributed by atoms with Crippen molar-refractivity contribution >= 4 is 5.91 Å². The molecule has 1 amide bonds. The summed E-state index contributed by atoms with van der Waals surface area (Å²) in [6, 6.07) is 10.0. The van der Waals surface area contributed by atoms with Gasteiger partial charge in [-0.2, -0.15) is 0 Å². The van der Waals surface area contributed by atoms with E-state index in [1.807, 2.05) is 0 Å². The van der Waals surface area contributed by atoms with E-state index in [1.165, 1.54) is 35.8 Å². The van der Waals surface area contributed by atoms with E-state index < -0.39 is 5.91 Å². The molecule has 0 aromatic heterocycles. The Morgan fingerprint density at radius 1 is 1.20 bits per heavy atom. The van der Waals surface area contributed by atoms with Gasteiger partial charge in [0.05, 0.1) is 5.56 Å². The van der Waals surface area contributed by atoms with E-state index in [0.29, 0.717) is 5.56 Å². The number of benzene rings is 2. The van der Waals surface area contributed by atoms with Crippen LogP contribution >= 0.6 is 0 Å². The molecule has 6 heteroatoms. The van der Waals surface area contributed by atoms with E-state index >= 15 is 0 Å². The van der Waals surface area contributed by atoms with Crippen molar-refractivity contribution in [3.63, 3.8) is 0 Å². The third-order valence-electron chi connectivity index (χ3n) is 2.65. The second-order valence-corrected chi connectivity index (χ2v) is 4.01. The van der Waals surface area contributed by atoms with Crippen LogP contribution in [0, 0.1) is 5.82 Å². The number of phenolic OH excluding ortho intramolecular Hbond substituents is 1. The first-order chi connectivity index (χ1) is 9.61. The number of amides is 1. The molecule has 2 aromatic carbocycles.